The fraction of sp³-hybridized carbons (Fsp3) is 0.565. The van der Waals surface area contributed by atoms with E-state index in [2.05, 4.69) is 15.4 Å². The highest BCUT2D eigenvalue weighted by Crippen LogP contribution is 2.33. The van der Waals surface area contributed by atoms with Gasteiger partial charge in [0.15, 0.2) is 0 Å². The maximum atomic E-state index is 13.9. The molecular weight excluding hydrogens is 471 g/mol. The number of rotatable bonds is 9. The summed E-state index contributed by atoms with van der Waals surface area (Å²) in [6, 6.07) is 5.88. The quantitative estimate of drug-likeness (QED) is 0.446. The number of amides is 3. The van der Waals surface area contributed by atoms with Crippen molar-refractivity contribution in [3.8, 4) is 0 Å². The number of benzene rings is 1. The average Bonchev–Trinajstić information content (AvgIpc) is 2.70. The average molecular weight is 504 g/mol. The van der Waals surface area contributed by atoms with Crippen LogP contribution in [0.2, 0.25) is 0 Å². The third-order valence-electron chi connectivity index (χ3n) is 4.77. The lowest BCUT2D eigenvalue weighted by atomic mass is 9.95. The Kier molecular flexibility index (Phi) is 10.1. The van der Waals surface area contributed by atoms with E-state index in [4.69, 9.17) is 4.74 Å². The largest absolute Gasteiger partial charge is 0.467 e. The van der Waals surface area contributed by atoms with Gasteiger partial charge in [0.05, 0.1) is 13.5 Å². The normalized spacial score (nSPS) is 15.1. The van der Waals surface area contributed by atoms with Gasteiger partial charge in [-0.15, -0.1) is 0 Å². The van der Waals surface area contributed by atoms with Gasteiger partial charge in [-0.25, -0.2) is 9.59 Å². The highest BCUT2D eigenvalue weighted by atomic mass is 19.4. The Labute approximate surface area is 202 Å². The Balaban J connectivity index is 2.94. The third kappa shape index (κ3) is 9.83. The molecule has 1 aromatic rings. The molecule has 9 nitrogen and oxygen atoms in total. The van der Waals surface area contributed by atoms with Gasteiger partial charge in [0.2, 0.25) is 11.8 Å². The Morgan fingerprint density at radius 1 is 0.971 bits per heavy atom. The maximum absolute atomic E-state index is 13.9. The summed E-state index contributed by atoms with van der Waals surface area (Å²) < 4.78 is 51.3. The number of hydrogen-bond donors (Lipinski definition) is 3. The lowest BCUT2D eigenvalue weighted by molar-refractivity contribution is -0.196. The minimum Gasteiger partial charge on any atom is -0.467 e. The van der Waals surface area contributed by atoms with E-state index in [-0.39, 0.29) is 6.42 Å². The predicted octanol–water partition coefficient (Wildman–Crippen LogP) is 2.63. The van der Waals surface area contributed by atoms with E-state index in [0.717, 1.165) is 7.11 Å². The molecule has 0 spiro atoms. The second-order valence-corrected chi connectivity index (χ2v) is 9.20. The molecule has 0 saturated heterocycles. The molecule has 0 aliphatic rings. The standard InChI is InChI=1S/C23H32F3N3O6/c1-14(27-20(33)35-21(2,3)4)18(31)29-22(5,23(24,25)26)13-17(30)28-16(19(32)34-6)12-15-10-8-7-9-11-15/h7-11,14,16H,12-13H2,1-6H3,(H,27,33)(H,28,30)(H,29,31)/t14-,16-,22-/m0/s1. The van der Waals surface area contributed by atoms with Gasteiger partial charge in [-0.05, 0) is 40.2 Å². The molecule has 0 unspecified atom stereocenters. The van der Waals surface area contributed by atoms with E-state index < -0.39 is 59.7 Å². The SMILES string of the molecule is COC(=O)[C@H](Cc1ccccc1)NC(=O)C[C@](C)(NC(=O)[C@H](C)NC(=O)OC(C)(C)C)C(F)(F)F. The highest BCUT2D eigenvalue weighted by Gasteiger charge is 2.54. The minimum absolute atomic E-state index is 0.00874. The van der Waals surface area contributed by atoms with Crippen molar-refractivity contribution in [2.24, 2.45) is 0 Å². The van der Waals surface area contributed by atoms with E-state index in [9.17, 15) is 32.3 Å². The first-order valence-electron chi connectivity index (χ1n) is 10.8. The van der Waals surface area contributed by atoms with Crippen LogP contribution in [0.4, 0.5) is 18.0 Å². The molecule has 3 amide bonds. The number of hydrogen-bond acceptors (Lipinski definition) is 6. The van der Waals surface area contributed by atoms with E-state index in [0.29, 0.717) is 12.5 Å². The monoisotopic (exact) mass is 503 g/mol. The first-order valence-corrected chi connectivity index (χ1v) is 10.8. The zero-order valence-corrected chi connectivity index (χ0v) is 20.5. The number of esters is 1. The number of ether oxygens (including phenoxy) is 2. The van der Waals surface area contributed by atoms with Gasteiger partial charge in [0.25, 0.3) is 0 Å². The molecule has 12 heteroatoms. The van der Waals surface area contributed by atoms with Gasteiger partial charge < -0.3 is 25.4 Å². The summed E-state index contributed by atoms with van der Waals surface area (Å²) in [6.45, 7) is 6.54. The van der Waals surface area contributed by atoms with Gasteiger partial charge in [0, 0.05) is 6.42 Å². The molecule has 0 aromatic heterocycles. The van der Waals surface area contributed by atoms with Crippen molar-refractivity contribution >= 4 is 23.9 Å². The maximum Gasteiger partial charge on any atom is 0.411 e. The molecule has 0 bridgehead atoms. The molecule has 35 heavy (non-hydrogen) atoms. The Bertz CT molecular complexity index is 902. The van der Waals surface area contributed by atoms with Gasteiger partial charge in [0.1, 0.15) is 23.2 Å². The number of halogens is 3. The van der Waals surface area contributed by atoms with Gasteiger partial charge in [-0.1, -0.05) is 30.3 Å². The predicted molar refractivity (Wildman–Crippen MR) is 120 cm³/mol. The summed E-state index contributed by atoms with van der Waals surface area (Å²) in [5.74, 6) is -3.16. The second kappa shape index (κ2) is 11.9. The van der Waals surface area contributed by atoms with Crippen molar-refractivity contribution in [3.63, 3.8) is 0 Å². The summed E-state index contributed by atoms with van der Waals surface area (Å²) in [4.78, 5) is 48.9. The Hall–Kier alpha value is -3.31. The molecule has 1 aromatic carbocycles. The van der Waals surface area contributed by atoms with Crippen molar-refractivity contribution in [2.75, 3.05) is 7.11 Å². The molecule has 0 heterocycles. The van der Waals surface area contributed by atoms with Crippen LogP contribution in [0, 0.1) is 0 Å². The number of carbonyl (C=O) groups is 4. The van der Waals surface area contributed by atoms with Crippen LogP contribution in [0.5, 0.6) is 0 Å². The first kappa shape index (κ1) is 29.7. The van der Waals surface area contributed by atoms with E-state index in [1.165, 1.54) is 6.92 Å². The number of alkyl halides is 3. The molecule has 0 aliphatic heterocycles. The molecular formula is C23H32F3N3O6. The molecule has 0 fully saturated rings. The van der Waals surface area contributed by atoms with Gasteiger partial charge in [-0.3, -0.25) is 9.59 Å². The van der Waals surface area contributed by atoms with Crippen LogP contribution >= 0.6 is 0 Å². The van der Waals surface area contributed by atoms with Crippen LogP contribution in [0.15, 0.2) is 30.3 Å². The molecule has 0 saturated carbocycles. The fourth-order valence-electron chi connectivity index (χ4n) is 2.90. The van der Waals surface area contributed by atoms with E-state index >= 15 is 0 Å². The third-order valence-corrected chi connectivity index (χ3v) is 4.77. The number of carbonyl (C=O) groups excluding carboxylic acids is 4. The molecule has 0 radical (unpaired) electrons. The number of alkyl carbamates (subject to hydrolysis) is 1. The first-order chi connectivity index (χ1) is 16.0. The molecule has 1 rings (SSSR count). The smallest absolute Gasteiger partial charge is 0.411 e. The lowest BCUT2D eigenvalue weighted by Crippen LogP contribution is -2.62. The van der Waals surface area contributed by atoms with Crippen molar-refractivity contribution < 1.29 is 41.8 Å². The topological polar surface area (TPSA) is 123 Å². The zero-order valence-electron chi connectivity index (χ0n) is 20.5. The van der Waals surface area contributed by atoms with Gasteiger partial charge >= 0.3 is 18.2 Å². The van der Waals surface area contributed by atoms with Gasteiger partial charge in [-0.2, -0.15) is 13.2 Å². The van der Waals surface area contributed by atoms with Crippen LogP contribution in [0.1, 0.15) is 46.6 Å². The summed E-state index contributed by atoms with van der Waals surface area (Å²) >= 11 is 0. The van der Waals surface area contributed by atoms with Crippen LogP contribution < -0.4 is 16.0 Å². The van der Waals surface area contributed by atoms with Crippen molar-refractivity contribution in [3.05, 3.63) is 35.9 Å². The second-order valence-electron chi connectivity index (χ2n) is 9.20. The van der Waals surface area contributed by atoms with Crippen LogP contribution in [-0.4, -0.2) is 60.4 Å². The van der Waals surface area contributed by atoms with Crippen LogP contribution in [0.25, 0.3) is 0 Å². The molecule has 3 N–H and O–H groups in total. The van der Waals surface area contributed by atoms with E-state index in [1.807, 2.05) is 0 Å². The fourth-order valence-corrected chi connectivity index (χ4v) is 2.90. The Morgan fingerprint density at radius 2 is 1.54 bits per heavy atom. The lowest BCUT2D eigenvalue weighted by Gasteiger charge is -2.34. The molecule has 3 atom stereocenters. The minimum atomic E-state index is -5.04. The summed E-state index contributed by atoms with van der Waals surface area (Å²) in [6.07, 6.45) is -7.26. The summed E-state index contributed by atoms with van der Waals surface area (Å²) in [7, 11) is 1.09. The van der Waals surface area contributed by atoms with Crippen molar-refractivity contribution in [2.45, 2.75) is 76.9 Å². The molecule has 196 valence electrons. The van der Waals surface area contributed by atoms with Crippen molar-refractivity contribution in [1.82, 2.24) is 16.0 Å². The van der Waals surface area contributed by atoms with Crippen molar-refractivity contribution in [1.29, 1.82) is 0 Å². The van der Waals surface area contributed by atoms with Crippen LogP contribution in [-0.2, 0) is 30.3 Å². The Morgan fingerprint density at radius 3 is 2.03 bits per heavy atom. The summed E-state index contributed by atoms with van der Waals surface area (Å²) in [5, 5.41) is 6.18. The summed E-state index contributed by atoms with van der Waals surface area (Å²) in [5.41, 5.74) is -3.22. The van der Waals surface area contributed by atoms with Crippen LogP contribution in [0.3, 0.4) is 0 Å². The number of methoxy groups -OCH3 is 1. The highest BCUT2D eigenvalue weighted by molar-refractivity contribution is 5.88. The number of nitrogens with one attached hydrogen (secondary N) is 3. The zero-order chi connectivity index (χ0) is 27.0. The molecule has 0 aliphatic carbocycles. The van der Waals surface area contributed by atoms with E-state index in [1.54, 1.807) is 56.4 Å².